The Bertz CT molecular complexity index is 593. The molecule has 0 bridgehead atoms. The molecule has 8 heteroatoms. The summed E-state index contributed by atoms with van der Waals surface area (Å²) in [6.45, 7) is 4.38. The van der Waals surface area contributed by atoms with Gasteiger partial charge in [-0.1, -0.05) is 13.8 Å². The highest BCUT2D eigenvalue weighted by Crippen LogP contribution is 2.08. The highest BCUT2D eigenvalue weighted by atomic mass is 16.1. The van der Waals surface area contributed by atoms with Crippen LogP contribution in [0.3, 0.4) is 0 Å². The Morgan fingerprint density at radius 1 is 1.45 bits per heavy atom. The third-order valence-corrected chi connectivity index (χ3v) is 2.62. The number of rotatable bonds is 5. The van der Waals surface area contributed by atoms with Crippen molar-refractivity contribution in [2.75, 3.05) is 12.3 Å². The Hall–Kier alpha value is -2.51. The SMILES string of the molecule is CC(C)c1nccc(C(=O)NCCc2nc(N)n[nH]2)n1. The van der Waals surface area contributed by atoms with Gasteiger partial charge >= 0.3 is 0 Å². The van der Waals surface area contributed by atoms with Crippen molar-refractivity contribution in [2.24, 2.45) is 0 Å². The number of aromatic amines is 1. The van der Waals surface area contributed by atoms with E-state index in [1.807, 2.05) is 13.8 Å². The summed E-state index contributed by atoms with van der Waals surface area (Å²) >= 11 is 0. The molecule has 0 aromatic carbocycles. The molecule has 2 heterocycles. The molecule has 2 aromatic heterocycles. The molecule has 0 unspecified atom stereocenters. The minimum Gasteiger partial charge on any atom is -0.367 e. The number of nitrogen functional groups attached to an aromatic ring is 1. The van der Waals surface area contributed by atoms with Crippen LogP contribution in [0, 0.1) is 0 Å². The number of nitrogens with one attached hydrogen (secondary N) is 2. The van der Waals surface area contributed by atoms with E-state index in [0.717, 1.165) is 0 Å². The fourth-order valence-corrected chi connectivity index (χ4v) is 1.59. The number of nitrogens with two attached hydrogens (primary N) is 1. The summed E-state index contributed by atoms with van der Waals surface area (Å²) in [5, 5.41) is 9.16. The van der Waals surface area contributed by atoms with Crippen molar-refractivity contribution in [3.63, 3.8) is 0 Å². The number of nitrogens with zero attached hydrogens (tertiary/aromatic N) is 4. The van der Waals surface area contributed by atoms with Crippen LogP contribution in [-0.2, 0) is 6.42 Å². The van der Waals surface area contributed by atoms with Gasteiger partial charge in [0.05, 0.1) is 0 Å². The van der Waals surface area contributed by atoms with Crippen molar-refractivity contribution in [2.45, 2.75) is 26.2 Å². The van der Waals surface area contributed by atoms with Crippen molar-refractivity contribution in [3.05, 3.63) is 29.6 Å². The van der Waals surface area contributed by atoms with Crippen LogP contribution in [0.2, 0.25) is 0 Å². The molecule has 20 heavy (non-hydrogen) atoms. The standard InChI is InChI=1S/C12H17N7O/c1-7(2)10-14-5-3-8(16-10)11(20)15-6-4-9-17-12(13)19-18-9/h3,5,7H,4,6H2,1-2H3,(H,15,20)(H3,13,17,18,19). The van der Waals surface area contributed by atoms with Gasteiger partial charge in [-0.25, -0.2) is 9.97 Å². The van der Waals surface area contributed by atoms with Crippen LogP contribution in [0.15, 0.2) is 12.3 Å². The second-order valence-corrected chi connectivity index (χ2v) is 4.60. The molecule has 4 N–H and O–H groups in total. The summed E-state index contributed by atoms with van der Waals surface area (Å²) < 4.78 is 0. The quantitative estimate of drug-likeness (QED) is 0.720. The molecule has 2 aromatic rings. The zero-order valence-corrected chi connectivity index (χ0v) is 11.4. The van der Waals surface area contributed by atoms with E-state index in [4.69, 9.17) is 5.73 Å². The van der Waals surface area contributed by atoms with Crippen LogP contribution in [-0.4, -0.2) is 37.6 Å². The highest BCUT2D eigenvalue weighted by Gasteiger charge is 2.10. The fraction of sp³-hybridized carbons (Fsp3) is 0.417. The van der Waals surface area contributed by atoms with Gasteiger partial charge in [-0.3, -0.25) is 9.89 Å². The van der Waals surface area contributed by atoms with Gasteiger partial charge in [0.2, 0.25) is 5.95 Å². The molecular formula is C12H17N7O. The molecule has 0 aliphatic heterocycles. The van der Waals surface area contributed by atoms with Crippen molar-refractivity contribution in [1.29, 1.82) is 0 Å². The summed E-state index contributed by atoms with van der Waals surface area (Å²) in [4.78, 5) is 24.2. The Morgan fingerprint density at radius 2 is 2.25 bits per heavy atom. The van der Waals surface area contributed by atoms with Gasteiger partial charge in [0.25, 0.3) is 5.91 Å². The maximum absolute atomic E-state index is 11.9. The number of hydrogen-bond acceptors (Lipinski definition) is 6. The van der Waals surface area contributed by atoms with Gasteiger partial charge < -0.3 is 11.1 Å². The van der Waals surface area contributed by atoms with Crippen molar-refractivity contribution in [1.82, 2.24) is 30.5 Å². The lowest BCUT2D eigenvalue weighted by Crippen LogP contribution is -2.27. The minimum absolute atomic E-state index is 0.180. The van der Waals surface area contributed by atoms with Crippen LogP contribution in [0.25, 0.3) is 0 Å². The number of hydrogen-bond donors (Lipinski definition) is 3. The Balaban J connectivity index is 1.90. The molecular weight excluding hydrogens is 258 g/mol. The molecule has 0 saturated heterocycles. The summed E-state index contributed by atoms with van der Waals surface area (Å²) in [6, 6.07) is 1.59. The van der Waals surface area contributed by atoms with Crippen molar-refractivity contribution in [3.8, 4) is 0 Å². The van der Waals surface area contributed by atoms with Crippen molar-refractivity contribution < 1.29 is 4.79 Å². The van der Waals surface area contributed by atoms with Crippen LogP contribution in [0.4, 0.5) is 5.95 Å². The number of aromatic nitrogens is 5. The van der Waals surface area contributed by atoms with Gasteiger partial charge in [0.1, 0.15) is 17.3 Å². The zero-order valence-electron chi connectivity index (χ0n) is 11.4. The zero-order chi connectivity index (χ0) is 14.5. The molecule has 0 atom stereocenters. The van der Waals surface area contributed by atoms with Gasteiger partial charge in [0.15, 0.2) is 0 Å². The van der Waals surface area contributed by atoms with E-state index in [9.17, 15) is 4.79 Å². The fourth-order valence-electron chi connectivity index (χ4n) is 1.59. The lowest BCUT2D eigenvalue weighted by Gasteiger charge is -2.06. The number of amides is 1. The molecule has 2 rings (SSSR count). The van der Waals surface area contributed by atoms with Gasteiger partial charge in [-0.15, -0.1) is 5.10 Å². The maximum atomic E-state index is 11.9. The topological polar surface area (TPSA) is 122 Å². The summed E-state index contributed by atoms with van der Waals surface area (Å²) in [7, 11) is 0. The maximum Gasteiger partial charge on any atom is 0.270 e. The van der Waals surface area contributed by atoms with Crippen molar-refractivity contribution >= 4 is 11.9 Å². The summed E-state index contributed by atoms with van der Waals surface area (Å²) in [5.41, 5.74) is 5.75. The Labute approximate surface area is 116 Å². The average molecular weight is 275 g/mol. The first-order valence-electron chi connectivity index (χ1n) is 6.34. The first-order chi connectivity index (χ1) is 9.56. The highest BCUT2D eigenvalue weighted by molar-refractivity contribution is 5.92. The number of carbonyl (C=O) groups is 1. The largest absolute Gasteiger partial charge is 0.367 e. The van der Waals surface area contributed by atoms with Gasteiger partial charge in [-0.2, -0.15) is 4.98 Å². The summed E-state index contributed by atoms with van der Waals surface area (Å²) in [6.07, 6.45) is 2.12. The van der Waals surface area contributed by atoms with Gasteiger partial charge in [0, 0.05) is 25.1 Å². The predicted octanol–water partition coefficient (Wildman–Crippen LogP) is 0.273. The molecule has 8 nitrogen and oxygen atoms in total. The normalized spacial score (nSPS) is 10.8. The number of anilines is 1. The first-order valence-corrected chi connectivity index (χ1v) is 6.34. The first kappa shape index (κ1) is 13.9. The van der Waals surface area contributed by atoms with E-state index < -0.39 is 0 Å². The van der Waals surface area contributed by atoms with Crippen LogP contribution in [0.1, 0.15) is 41.9 Å². The van der Waals surface area contributed by atoms with Gasteiger partial charge in [-0.05, 0) is 6.07 Å². The average Bonchev–Trinajstić information content (AvgIpc) is 2.84. The molecule has 1 amide bonds. The second-order valence-electron chi connectivity index (χ2n) is 4.60. The van der Waals surface area contributed by atoms with Crippen LogP contribution < -0.4 is 11.1 Å². The van der Waals surface area contributed by atoms with E-state index in [2.05, 4.69) is 30.5 Å². The monoisotopic (exact) mass is 275 g/mol. The smallest absolute Gasteiger partial charge is 0.270 e. The van der Waals surface area contributed by atoms with E-state index in [1.165, 1.54) is 0 Å². The number of H-pyrrole nitrogens is 1. The minimum atomic E-state index is -0.234. The van der Waals surface area contributed by atoms with Crippen LogP contribution in [0.5, 0.6) is 0 Å². The molecule has 0 aliphatic rings. The Kier molecular flexibility index (Phi) is 4.24. The molecule has 106 valence electrons. The molecule has 0 fully saturated rings. The van der Waals surface area contributed by atoms with E-state index >= 15 is 0 Å². The third-order valence-electron chi connectivity index (χ3n) is 2.62. The van der Waals surface area contributed by atoms with E-state index in [1.54, 1.807) is 12.3 Å². The number of carbonyl (C=O) groups excluding carboxylic acids is 1. The lowest BCUT2D eigenvalue weighted by molar-refractivity contribution is 0.0948. The third kappa shape index (κ3) is 3.50. The van der Waals surface area contributed by atoms with E-state index in [-0.39, 0.29) is 17.8 Å². The molecule has 0 spiro atoms. The Morgan fingerprint density at radius 3 is 2.90 bits per heavy atom. The van der Waals surface area contributed by atoms with E-state index in [0.29, 0.717) is 30.3 Å². The molecule has 0 aliphatic carbocycles. The second kappa shape index (κ2) is 6.09. The predicted molar refractivity (Wildman–Crippen MR) is 73.0 cm³/mol. The molecule has 0 saturated carbocycles. The molecule has 0 radical (unpaired) electrons. The van der Waals surface area contributed by atoms with Crippen LogP contribution >= 0.6 is 0 Å². The lowest BCUT2D eigenvalue weighted by atomic mass is 10.2. The summed E-state index contributed by atoms with van der Waals surface area (Å²) in [5.74, 6) is 1.43.